The van der Waals surface area contributed by atoms with Gasteiger partial charge in [0.2, 0.25) is 11.8 Å². The van der Waals surface area contributed by atoms with Gasteiger partial charge in [-0.15, -0.1) is 11.8 Å². The maximum atomic E-state index is 12.8. The number of methoxy groups -OCH3 is 1. The second-order valence-electron chi connectivity index (χ2n) is 8.01. The Bertz CT molecular complexity index is 959. The molecular formula is C23H27ClN4O3S. The minimum atomic E-state index is -0.275. The van der Waals surface area contributed by atoms with Crippen LogP contribution in [0.2, 0.25) is 5.02 Å². The third-order valence-corrected chi connectivity index (χ3v) is 6.99. The molecule has 9 heteroatoms. The van der Waals surface area contributed by atoms with Crippen LogP contribution in [0.5, 0.6) is 5.75 Å². The van der Waals surface area contributed by atoms with Crippen molar-refractivity contribution in [1.82, 2.24) is 15.5 Å². The lowest BCUT2D eigenvalue weighted by Crippen LogP contribution is -2.64. The first kappa shape index (κ1) is 22.9. The third kappa shape index (κ3) is 5.95. The molecule has 2 amide bonds. The molecular weight excluding hydrogens is 448 g/mol. The van der Waals surface area contributed by atoms with Crippen LogP contribution >= 0.6 is 23.4 Å². The van der Waals surface area contributed by atoms with E-state index in [9.17, 15) is 9.59 Å². The predicted molar refractivity (Wildman–Crippen MR) is 128 cm³/mol. The normalized spacial score (nSPS) is 23.2. The summed E-state index contributed by atoms with van der Waals surface area (Å²) < 4.78 is 5.18. The number of hydrogen-bond acceptors (Lipinski definition) is 6. The van der Waals surface area contributed by atoms with Gasteiger partial charge in [-0.3, -0.25) is 19.8 Å². The van der Waals surface area contributed by atoms with Gasteiger partial charge >= 0.3 is 0 Å². The minimum Gasteiger partial charge on any atom is -0.497 e. The highest BCUT2D eigenvalue weighted by Crippen LogP contribution is 2.25. The number of hydrogen-bond donors (Lipinski definition) is 3. The van der Waals surface area contributed by atoms with Gasteiger partial charge < -0.3 is 15.4 Å². The van der Waals surface area contributed by atoms with Crippen LogP contribution in [0.25, 0.3) is 0 Å². The van der Waals surface area contributed by atoms with Gasteiger partial charge in [0.25, 0.3) is 0 Å². The van der Waals surface area contributed by atoms with Crippen molar-refractivity contribution < 1.29 is 14.3 Å². The maximum Gasteiger partial charge on any atom is 0.234 e. The van der Waals surface area contributed by atoms with Gasteiger partial charge in [0.05, 0.1) is 18.8 Å². The van der Waals surface area contributed by atoms with Crippen molar-refractivity contribution >= 4 is 40.9 Å². The predicted octanol–water partition coefficient (Wildman–Crippen LogP) is 2.91. The zero-order valence-corrected chi connectivity index (χ0v) is 19.4. The van der Waals surface area contributed by atoms with Gasteiger partial charge in [0.15, 0.2) is 0 Å². The summed E-state index contributed by atoms with van der Waals surface area (Å²) in [7, 11) is 1.59. The smallest absolute Gasteiger partial charge is 0.234 e. The van der Waals surface area contributed by atoms with Crippen LogP contribution in [-0.4, -0.2) is 54.2 Å². The molecule has 3 atom stereocenters. The molecule has 2 aliphatic heterocycles. The van der Waals surface area contributed by atoms with Crippen molar-refractivity contribution in [3.8, 4) is 5.75 Å². The summed E-state index contributed by atoms with van der Waals surface area (Å²) in [5.41, 5.74) is 1.60. The first-order chi connectivity index (χ1) is 15.5. The zero-order valence-electron chi connectivity index (χ0n) is 17.8. The number of nitrogens with one attached hydrogen (secondary N) is 3. The molecule has 0 bridgehead atoms. The van der Waals surface area contributed by atoms with E-state index in [1.807, 2.05) is 42.5 Å². The van der Waals surface area contributed by atoms with E-state index >= 15 is 0 Å². The van der Waals surface area contributed by atoms with E-state index in [2.05, 4.69) is 20.9 Å². The molecule has 0 saturated carbocycles. The highest BCUT2D eigenvalue weighted by Gasteiger charge is 2.39. The van der Waals surface area contributed by atoms with Gasteiger partial charge in [-0.1, -0.05) is 29.8 Å². The minimum absolute atomic E-state index is 0.0419. The molecule has 2 heterocycles. The number of nitrogens with zero attached hydrogens (tertiary/aromatic N) is 1. The lowest BCUT2D eigenvalue weighted by molar-refractivity contribution is -0.130. The van der Waals surface area contributed by atoms with E-state index in [-0.39, 0.29) is 35.0 Å². The topological polar surface area (TPSA) is 82.7 Å². The summed E-state index contributed by atoms with van der Waals surface area (Å²) in [5, 5.41) is 10.1. The quantitative estimate of drug-likeness (QED) is 0.572. The highest BCUT2D eigenvalue weighted by molar-refractivity contribution is 8.00. The van der Waals surface area contributed by atoms with Gasteiger partial charge in [0, 0.05) is 42.5 Å². The van der Waals surface area contributed by atoms with E-state index in [4.69, 9.17) is 16.3 Å². The Hall–Kier alpha value is -2.26. The van der Waals surface area contributed by atoms with E-state index in [1.165, 1.54) is 17.3 Å². The fourth-order valence-corrected chi connectivity index (χ4v) is 5.08. The number of halogens is 1. The summed E-state index contributed by atoms with van der Waals surface area (Å²) in [5.74, 6) is 0.734. The summed E-state index contributed by atoms with van der Waals surface area (Å²) in [6.45, 7) is 2.42. The molecule has 2 saturated heterocycles. The molecule has 2 aromatic rings. The van der Waals surface area contributed by atoms with Crippen LogP contribution in [0.15, 0.2) is 48.5 Å². The Labute approximate surface area is 197 Å². The van der Waals surface area contributed by atoms with Crippen LogP contribution in [0, 0.1) is 5.92 Å². The number of rotatable bonds is 7. The number of benzene rings is 2. The van der Waals surface area contributed by atoms with Gasteiger partial charge in [-0.2, -0.15) is 0 Å². The Morgan fingerprint density at radius 2 is 2.09 bits per heavy atom. The number of ether oxygens (including phenoxy) is 1. The molecule has 0 aromatic heterocycles. The number of amides is 2. The second kappa shape index (κ2) is 10.6. The fourth-order valence-electron chi connectivity index (χ4n) is 4.10. The molecule has 170 valence electrons. The highest BCUT2D eigenvalue weighted by atomic mass is 35.5. The maximum absolute atomic E-state index is 12.8. The molecule has 0 radical (unpaired) electrons. The molecule has 3 N–H and O–H groups in total. The average Bonchev–Trinajstić information content (AvgIpc) is 2.80. The second-order valence-corrected chi connectivity index (χ2v) is 9.54. The van der Waals surface area contributed by atoms with Gasteiger partial charge in [-0.05, 0) is 36.2 Å². The molecule has 0 aliphatic carbocycles. The molecule has 2 aromatic carbocycles. The van der Waals surface area contributed by atoms with E-state index in [0.29, 0.717) is 18.0 Å². The van der Waals surface area contributed by atoms with Crippen molar-refractivity contribution in [1.29, 1.82) is 0 Å². The Morgan fingerprint density at radius 3 is 2.88 bits per heavy atom. The molecule has 2 aliphatic rings. The third-order valence-electron chi connectivity index (χ3n) is 5.73. The Balaban J connectivity index is 1.25. The van der Waals surface area contributed by atoms with Gasteiger partial charge in [-0.25, -0.2) is 0 Å². The molecule has 7 nitrogen and oxygen atoms in total. The lowest BCUT2D eigenvalue weighted by atomic mass is 9.89. The van der Waals surface area contributed by atoms with Crippen LogP contribution < -0.4 is 20.7 Å². The lowest BCUT2D eigenvalue weighted by Gasteiger charge is -2.43. The summed E-state index contributed by atoms with van der Waals surface area (Å²) in [6.07, 6.45) is 0.888. The Morgan fingerprint density at radius 1 is 1.28 bits per heavy atom. The summed E-state index contributed by atoms with van der Waals surface area (Å²) in [4.78, 5) is 27.4. The molecule has 32 heavy (non-hydrogen) atoms. The number of carbonyl (C=O) groups excluding carboxylic acids is 2. The summed E-state index contributed by atoms with van der Waals surface area (Å²) in [6, 6.07) is 15.2. The fraction of sp³-hybridized carbons (Fsp3) is 0.391. The van der Waals surface area contributed by atoms with Crippen molar-refractivity contribution in [2.45, 2.75) is 24.5 Å². The number of fused-ring (bicyclic) bond motifs is 1. The zero-order chi connectivity index (χ0) is 22.5. The van der Waals surface area contributed by atoms with E-state index in [0.717, 1.165) is 24.5 Å². The van der Waals surface area contributed by atoms with Crippen LogP contribution in [0.1, 0.15) is 12.0 Å². The molecule has 0 spiro atoms. The van der Waals surface area contributed by atoms with E-state index in [1.54, 1.807) is 13.2 Å². The average molecular weight is 475 g/mol. The van der Waals surface area contributed by atoms with Crippen LogP contribution in [0.4, 0.5) is 5.69 Å². The first-order valence-corrected chi connectivity index (χ1v) is 12.0. The Kier molecular flexibility index (Phi) is 7.57. The first-order valence-electron chi connectivity index (χ1n) is 10.6. The number of anilines is 1. The summed E-state index contributed by atoms with van der Waals surface area (Å²) >= 11 is 7.36. The van der Waals surface area contributed by atoms with Crippen molar-refractivity contribution in [3.63, 3.8) is 0 Å². The number of carbonyl (C=O) groups is 2. The van der Waals surface area contributed by atoms with Crippen molar-refractivity contribution in [3.05, 3.63) is 59.1 Å². The molecule has 3 unspecified atom stereocenters. The van der Waals surface area contributed by atoms with Crippen molar-refractivity contribution in [2.24, 2.45) is 5.92 Å². The van der Waals surface area contributed by atoms with Crippen LogP contribution in [0.3, 0.4) is 0 Å². The SMILES string of the molecule is COc1cccc(NC(=O)CSC2NC(=O)C3CN(Cc4ccc(Cl)cc4)CCC3N2)c1. The standard InChI is InChI=1S/C23H27ClN4O3S/c1-31-18-4-2-3-17(11-18)25-21(29)14-32-23-26-20-9-10-28(13-19(20)22(30)27-23)12-15-5-7-16(24)8-6-15/h2-8,11,19-20,23,26H,9-10,12-14H2,1H3,(H,25,29)(H,27,30). The van der Waals surface area contributed by atoms with E-state index < -0.39 is 0 Å². The number of likely N-dealkylation sites (tertiary alicyclic amines) is 1. The van der Waals surface area contributed by atoms with Crippen LogP contribution in [-0.2, 0) is 16.1 Å². The van der Waals surface area contributed by atoms with Gasteiger partial charge in [0.1, 0.15) is 11.2 Å². The molecule has 2 fully saturated rings. The number of piperidine rings is 1. The molecule has 4 rings (SSSR count). The van der Waals surface area contributed by atoms with Crippen molar-refractivity contribution in [2.75, 3.05) is 31.3 Å². The number of thioether (sulfide) groups is 1. The largest absolute Gasteiger partial charge is 0.497 e. The monoisotopic (exact) mass is 474 g/mol.